The van der Waals surface area contributed by atoms with E-state index in [9.17, 15) is 4.79 Å². The van der Waals surface area contributed by atoms with Crippen LogP contribution in [-0.2, 0) is 10.5 Å². The summed E-state index contributed by atoms with van der Waals surface area (Å²) in [7, 11) is 3.20. The molecule has 0 bridgehead atoms. The molecule has 0 saturated carbocycles. The van der Waals surface area contributed by atoms with Crippen LogP contribution in [0.5, 0.6) is 11.5 Å². The molecule has 7 heteroatoms. The molecule has 146 valence electrons. The molecular weight excluding hydrogens is 402 g/mol. The van der Waals surface area contributed by atoms with Crippen molar-refractivity contribution in [2.75, 3.05) is 26.5 Å². The van der Waals surface area contributed by atoms with Crippen LogP contribution in [0, 0.1) is 0 Å². The second kappa shape index (κ2) is 11.4. The average molecular weight is 426 g/mol. The van der Waals surface area contributed by atoms with Crippen LogP contribution in [0.2, 0.25) is 5.02 Å². The molecule has 1 amide bonds. The van der Waals surface area contributed by atoms with Crippen LogP contribution in [0.3, 0.4) is 0 Å². The van der Waals surface area contributed by atoms with Crippen LogP contribution in [0.4, 0.5) is 0 Å². The Morgan fingerprint density at radius 3 is 2.59 bits per heavy atom. The summed E-state index contributed by atoms with van der Waals surface area (Å²) in [5, 5.41) is 3.57. The maximum absolute atomic E-state index is 12.3. The third kappa shape index (κ3) is 6.87. The van der Waals surface area contributed by atoms with Crippen molar-refractivity contribution in [2.24, 2.45) is 0 Å². The quantitative estimate of drug-likeness (QED) is 0.434. The Kier molecular flexibility index (Phi) is 9.18. The third-order valence-electron chi connectivity index (χ3n) is 3.80. The average Bonchev–Trinajstić information content (AvgIpc) is 2.68. The zero-order chi connectivity index (χ0) is 19.6. The van der Waals surface area contributed by atoms with Crippen LogP contribution in [0.15, 0.2) is 47.4 Å². The number of carbonyl (C=O) groups excluding carboxylic acids is 1. The molecule has 0 aromatic heterocycles. The van der Waals surface area contributed by atoms with E-state index < -0.39 is 0 Å². The highest BCUT2D eigenvalue weighted by atomic mass is 35.5. The Balaban J connectivity index is 1.73. The Labute approximate surface area is 174 Å². The van der Waals surface area contributed by atoms with Crippen molar-refractivity contribution < 1.29 is 14.3 Å². The van der Waals surface area contributed by atoms with E-state index in [1.54, 1.807) is 26.0 Å². The summed E-state index contributed by atoms with van der Waals surface area (Å²) in [5.74, 6) is 3.03. The number of nitrogens with one attached hydrogen (secondary N) is 1. The Morgan fingerprint density at radius 1 is 1.15 bits per heavy atom. The summed E-state index contributed by atoms with van der Waals surface area (Å²) in [4.78, 5) is 13.3. The normalized spacial score (nSPS) is 11.7. The lowest BCUT2D eigenvalue weighted by Gasteiger charge is -2.14. The van der Waals surface area contributed by atoms with E-state index in [0.29, 0.717) is 18.0 Å². The Bertz CT molecular complexity index is 758. The number of ether oxygens (including phenoxy) is 2. The summed E-state index contributed by atoms with van der Waals surface area (Å²) in [6, 6.07) is 13.5. The first kappa shape index (κ1) is 21.8. The maximum Gasteiger partial charge on any atom is 0.233 e. The summed E-state index contributed by atoms with van der Waals surface area (Å²) in [6.07, 6.45) is 0. The molecule has 0 radical (unpaired) electrons. The van der Waals surface area contributed by atoms with Crippen molar-refractivity contribution in [2.45, 2.75) is 22.8 Å². The lowest BCUT2D eigenvalue weighted by atomic mass is 10.2. The fourth-order valence-electron chi connectivity index (χ4n) is 2.34. The molecule has 0 spiro atoms. The van der Waals surface area contributed by atoms with Crippen molar-refractivity contribution in [1.82, 2.24) is 5.32 Å². The largest absolute Gasteiger partial charge is 0.493 e. The first-order valence-electron chi connectivity index (χ1n) is 8.52. The molecule has 4 nitrogen and oxygen atoms in total. The monoisotopic (exact) mass is 425 g/mol. The Morgan fingerprint density at radius 2 is 1.89 bits per heavy atom. The van der Waals surface area contributed by atoms with Crippen LogP contribution in [0.25, 0.3) is 0 Å². The number of amides is 1. The SMILES string of the molecule is COc1ccc(SC(C)C(=O)NCCSCc2ccccc2Cl)cc1OC. The third-order valence-corrected chi connectivity index (χ3v) is 6.27. The lowest BCUT2D eigenvalue weighted by Crippen LogP contribution is -2.32. The van der Waals surface area contributed by atoms with E-state index >= 15 is 0 Å². The molecule has 27 heavy (non-hydrogen) atoms. The maximum atomic E-state index is 12.3. The van der Waals surface area contributed by atoms with Crippen LogP contribution in [-0.4, -0.2) is 37.7 Å². The van der Waals surface area contributed by atoms with Gasteiger partial charge in [0.25, 0.3) is 0 Å². The fourth-order valence-corrected chi connectivity index (χ4v) is 4.40. The molecular formula is C20H24ClNO3S2. The number of hydrogen-bond acceptors (Lipinski definition) is 5. The summed E-state index contributed by atoms with van der Waals surface area (Å²) >= 11 is 9.39. The highest BCUT2D eigenvalue weighted by Crippen LogP contribution is 2.33. The molecule has 0 aliphatic rings. The van der Waals surface area contributed by atoms with Gasteiger partial charge in [-0.1, -0.05) is 29.8 Å². The highest BCUT2D eigenvalue weighted by Gasteiger charge is 2.15. The smallest absolute Gasteiger partial charge is 0.233 e. The molecule has 0 aliphatic carbocycles. The predicted molar refractivity (Wildman–Crippen MR) is 115 cm³/mol. The summed E-state index contributed by atoms with van der Waals surface area (Å²) in [5.41, 5.74) is 1.12. The standard InChI is InChI=1S/C20H24ClNO3S2/c1-14(27-16-8-9-18(24-2)19(12-16)25-3)20(23)22-10-11-26-13-15-6-4-5-7-17(15)21/h4-9,12,14H,10-11,13H2,1-3H3,(H,22,23). The van der Waals surface area contributed by atoms with Gasteiger partial charge >= 0.3 is 0 Å². The van der Waals surface area contributed by atoms with E-state index in [4.69, 9.17) is 21.1 Å². The van der Waals surface area contributed by atoms with E-state index in [-0.39, 0.29) is 11.2 Å². The minimum atomic E-state index is -0.198. The molecule has 0 saturated heterocycles. The highest BCUT2D eigenvalue weighted by molar-refractivity contribution is 8.00. The number of halogens is 1. The number of methoxy groups -OCH3 is 2. The van der Waals surface area contributed by atoms with Gasteiger partial charge in [-0.05, 0) is 36.8 Å². The van der Waals surface area contributed by atoms with Crippen LogP contribution in [0.1, 0.15) is 12.5 Å². The molecule has 2 aromatic carbocycles. The van der Waals surface area contributed by atoms with Gasteiger partial charge in [-0.2, -0.15) is 11.8 Å². The Hall–Kier alpha value is -1.50. The zero-order valence-corrected chi connectivity index (χ0v) is 18.0. The van der Waals surface area contributed by atoms with Gasteiger partial charge in [0.15, 0.2) is 11.5 Å². The lowest BCUT2D eigenvalue weighted by molar-refractivity contribution is -0.120. The molecule has 1 N–H and O–H groups in total. The van der Waals surface area contributed by atoms with Crippen molar-refractivity contribution in [3.63, 3.8) is 0 Å². The van der Waals surface area contributed by atoms with Crippen molar-refractivity contribution in [3.8, 4) is 11.5 Å². The second-order valence-electron chi connectivity index (χ2n) is 5.71. The number of rotatable bonds is 10. The van der Waals surface area contributed by atoms with E-state index in [2.05, 4.69) is 5.32 Å². The summed E-state index contributed by atoms with van der Waals surface area (Å²) < 4.78 is 10.5. The van der Waals surface area contributed by atoms with Crippen LogP contribution < -0.4 is 14.8 Å². The molecule has 0 fully saturated rings. The minimum absolute atomic E-state index is 0.0214. The molecule has 2 aromatic rings. The van der Waals surface area contributed by atoms with Gasteiger partial charge in [0.05, 0.1) is 19.5 Å². The molecule has 0 aliphatic heterocycles. The van der Waals surface area contributed by atoms with Crippen LogP contribution >= 0.6 is 35.1 Å². The number of thioether (sulfide) groups is 2. The van der Waals surface area contributed by atoms with E-state index in [1.807, 2.05) is 49.4 Å². The van der Waals surface area contributed by atoms with Gasteiger partial charge < -0.3 is 14.8 Å². The second-order valence-corrected chi connectivity index (χ2v) is 8.64. The molecule has 2 rings (SSSR count). The topological polar surface area (TPSA) is 47.6 Å². The van der Waals surface area contributed by atoms with Gasteiger partial charge in [-0.15, -0.1) is 11.8 Å². The number of carbonyl (C=O) groups is 1. The number of hydrogen-bond donors (Lipinski definition) is 1. The summed E-state index contributed by atoms with van der Waals surface area (Å²) in [6.45, 7) is 2.53. The van der Waals surface area contributed by atoms with Gasteiger partial charge in [-0.3, -0.25) is 4.79 Å². The van der Waals surface area contributed by atoms with Gasteiger partial charge in [0.1, 0.15) is 0 Å². The first-order chi connectivity index (χ1) is 13.0. The molecule has 1 atom stereocenters. The van der Waals surface area contributed by atoms with Crippen molar-refractivity contribution in [3.05, 3.63) is 53.1 Å². The number of benzene rings is 2. The fraction of sp³-hybridized carbons (Fsp3) is 0.350. The molecule has 1 unspecified atom stereocenters. The van der Waals surface area contributed by atoms with Crippen molar-refractivity contribution in [1.29, 1.82) is 0 Å². The molecule has 0 heterocycles. The van der Waals surface area contributed by atoms with Gasteiger partial charge in [0, 0.05) is 28.0 Å². The van der Waals surface area contributed by atoms with Gasteiger partial charge in [-0.25, -0.2) is 0 Å². The van der Waals surface area contributed by atoms with Gasteiger partial charge in [0.2, 0.25) is 5.91 Å². The van der Waals surface area contributed by atoms with E-state index in [0.717, 1.165) is 27.0 Å². The minimum Gasteiger partial charge on any atom is -0.493 e. The first-order valence-corrected chi connectivity index (χ1v) is 10.9. The zero-order valence-electron chi connectivity index (χ0n) is 15.7. The predicted octanol–water partition coefficient (Wildman–Crippen LogP) is 4.89. The van der Waals surface area contributed by atoms with Crippen molar-refractivity contribution >= 4 is 41.0 Å². The van der Waals surface area contributed by atoms with E-state index in [1.165, 1.54) is 11.8 Å².